The molecule has 2 aromatic heterocycles. The zero-order valence-electron chi connectivity index (χ0n) is 18.5. The van der Waals surface area contributed by atoms with Crippen LogP contribution in [0.1, 0.15) is 21.5 Å². The molecule has 5 aromatic rings. The van der Waals surface area contributed by atoms with Gasteiger partial charge in [0.15, 0.2) is 5.65 Å². The first-order valence-electron chi connectivity index (χ1n) is 10.8. The molecule has 0 unspecified atom stereocenters. The Morgan fingerprint density at radius 2 is 1.69 bits per heavy atom. The number of alkyl halides is 3. The van der Waals surface area contributed by atoms with Crippen LogP contribution in [0.4, 0.5) is 18.9 Å². The molecule has 174 valence electrons. The number of nitrogens with one attached hydrogen (secondary N) is 1. The molecule has 8 heteroatoms. The number of carbonyl (C=O) groups excluding carboxylic acids is 1. The van der Waals surface area contributed by atoms with Gasteiger partial charge in [-0.15, -0.1) is 0 Å². The van der Waals surface area contributed by atoms with E-state index in [9.17, 15) is 18.0 Å². The lowest BCUT2D eigenvalue weighted by atomic mass is 10.1. The van der Waals surface area contributed by atoms with Crippen LogP contribution in [-0.2, 0) is 6.18 Å². The van der Waals surface area contributed by atoms with Crippen molar-refractivity contribution in [2.45, 2.75) is 13.1 Å². The summed E-state index contributed by atoms with van der Waals surface area (Å²) in [5.74, 6) is -0.631. The van der Waals surface area contributed by atoms with E-state index in [2.05, 4.69) is 15.4 Å². The molecule has 5 rings (SSSR count). The van der Waals surface area contributed by atoms with Crippen LogP contribution >= 0.6 is 0 Å². The number of nitrogens with zero attached hydrogens (tertiary/aromatic N) is 3. The second-order valence-corrected chi connectivity index (χ2v) is 8.10. The molecule has 0 saturated heterocycles. The summed E-state index contributed by atoms with van der Waals surface area (Å²) in [4.78, 5) is 17.1. The Labute approximate surface area is 198 Å². The molecule has 0 fully saturated rings. The highest BCUT2D eigenvalue weighted by Crippen LogP contribution is 2.31. The second kappa shape index (κ2) is 8.72. The van der Waals surface area contributed by atoms with Gasteiger partial charge in [-0.1, -0.05) is 48.0 Å². The third kappa shape index (κ3) is 4.50. The molecule has 0 saturated carbocycles. The largest absolute Gasteiger partial charge is 0.416 e. The van der Waals surface area contributed by atoms with Gasteiger partial charge in [-0.25, -0.2) is 9.50 Å². The first kappa shape index (κ1) is 22.3. The van der Waals surface area contributed by atoms with E-state index >= 15 is 0 Å². The van der Waals surface area contributed by atoms with Crippen molar-refractivity contribution in [2.24, 2.45) is 0 Å². The van der Waals surface area contributed by atoms with E-state index in [1.807, 2.05) is 43.3 Å². The maximum absolute atomic E-state index is 13.0. The fraction of sp³-hybridized carbons (Fsp3) is 0.0741. The van der Waals surface area contributed by atoms with Gasteiger partial charge in [0.1, 0.15) is 0 Å². The van der Waals surface area contributed by atoms with Crippen molar-refractivity contribution in [1.29, 1.82) is 0 Å². The summed E-state index contributed by atoms with van der Waals surface area (Å²) in [5.41, 5.74) is 4.74. The molecule has 1 amide bonds. The average Bonchev–Trinajstić information content (AvgIpc) is 3.28. The van der Waals surface area contributed by atoms with Crippen LogP contribution < -0.4 is 5.32 Å². The molecule has 0 spiro atoms. The van der Waals surface area contributed by atoms with E-state index in [0.717, 1.165) is 40.1 Å². The normalized spacial score (nSPS) is 11.5. The Hall–Kier alpha value is -4.46. The lowest BCUT2D eigenvalue weighted by Crippen LogP contribution is -2.14. The number of aryl methyl sites for hydroxylation is 1. The Morgan fingerprint density at radius 3 is 2.46 bits per heavy atom. The molecule has 35 heavy (non-hydrogen) atoms. The van der Waals surface area contributed by atoms with Gasteiger partial charge < -0.3 is 5.32 Å². The monoisotopic (exact) mass is 472 g/mol. The number of amides is 1. The maximum atomic E-state index is 13.0. The summed E-state index contributed by atoms with van der Waals surface area (Å²) in [7, 11) is 0. The van der Waals surface area contributed by atoms with E-state index in [1.165, 1.54) is 12.1 Å². The third-order valence-corrected chi connectivity index (χ3v) is 5.63. The number of aromatic nitrogens is 3. The summed E-state index contributed by atoms with van der Waals surface area (Å²) in [6.07, 6.45) is -1.07. The molecule has 0 bridgehead atoms. The topological polar surface area (TPSA) is 59.3 Å². The number of hydrogen-bond donors (Lipinski definition) is 1. The molecular weight excluding hydrogens is 453 g/mol. The van der Waals surface area contributed by atoms with Crippen LogP contribution in [0.3, 0.4) is 0 Å². The van der Waals surface area contributed by atoms with Crippen molar-refractivity contribution in [2.75, 3.05) is 5.32 Å². The van der Waals surface area contributed by atoms with Gasteiger partial charge in [0.05, 0.1) is 17.5 Å². The predicted molar refractivity (Wildman–Crippen MR) is 128 cm³/mol. The number of carbonyl (C=O) groups is 1. The Bertz CT molecular complexity index is 1540. The van der Waals surface area contributed by atoms with Crippen LogP contribution in [0.15, 0.2) is 91.3 Å². The highest BCUT2D eigenvalue weighted by Gasteiger charge is 2.30. The average molecular weight is 472 g/mol. The fourth-order valence-corrected chi connectivity index (χ4v) is 3.84. The van der Waals surface area contributed by atoms with E-state index in [-0.39, 0.29) is 5.56 Å². The van der Waals surface area contributed by atoms with E-state index < -0.39 is 17.6 Å². The molecule has 0 atom stereocenters. The predicted octanol–water partition coefficient (Wildman–Crippen LogP) is 6.64. The van der Waals surface area contributed by atoms with Gasteiger partial charge in [0.2, 0.25) is 0 Å². The molecule has 2 heterocycles. The molecule has 0 aliphatic heterocycles. The second-order valence-electron chi connectivity index (χ2n) is 8.10. The summed E-state index contributed by atoms with van der Waals surface area (Å²) >= 11 is 0. The van der Waals surface area contributed by atoms with Crippen molar-refractivity contribution in [3.63, 3.8) is 0 Å². The number of hydrogen-bond acceptors (Lipinski definition) is 3. The number of halogens is 3. The first-order valence-corrected chi connectivity index (χ1v) is 10.8. The summed E-state index contributed by atoms with van der Waals surface area (Å²) in [5, 5.41) is 7.20. The maximum Gasteiger partial charge on any atom is 0.416 e. The first-order chi connectivity index (χ1) is 16.8. The zero-order valence-corrected chi connectivity index (χ0v) is 18.5. The van der Waals surface area contributed by atoms with Crippen molar-refractivity contribution in [3.05, 3.63) is 108 Å². The molecule has 0 aliphatic rings. The highest BCUT2D eigenvalue weighted by atomic mass is 19.4. The Morgan fingerprint density at radius 1 is 0.914 bits per heavy atom. The van der Waals surface area contributed by atoms with Gasteiger partial charge in [-0.3, -0.25) is 4.79 Å². The number of benzene rings is 3. The summed E-state index contributed by atoms with van der Waals surface area (Å²) < 4.78 is 40.8. The van der Waals surface area contributed by atoms with Crippen molar-refractivity contribution in [3.8, 4) is 22.4 Å². The van der Waals surface area contributed by atoms with Crippen LogP contribution in [0.25, 0.3) is 28.0 Å². The standard InChI is InChI=1S/C27H19F3N4O/c1-17-8-10-18(11-9-17)23-16-32-34-24(12-13-31-25(23)34)19-4-3-7-22(15-19)33-26(35)20-5-2-6-21(14-20)27(28,29)30/h2-16H,1H3,(H,33,35). The molecule has 0 radical (unpaired) electrons. The van der Waals surface area contributed by atoms with Gasteiger partial charge >= 0.3 is 6.18 Å². The summed E-state index contributed by atoms with van der Waals surface area (Å²) in [6.45, 7) is 2.02. The van der Waals surface area contributed by atoms with Crippen molar-refractivity contribution >= 4 is 17.2 Å². The molecule has 5 nitrogen and oxygen atoms in total. The van der Waals surface area contributed by atoms with E-state index in [0.29, 0.717) is 11.3 Å². The minimum atomic E-state index is -4.52. The van der Waals surface area contributed by atoms with Crippen molar-refractivity contribution in [1.82, 2.24) is 14.6 Å². The molecule has 3 aromatic carbocycles. The lowest BCUT2D eigenvalue weighted by molar-refractivity contribution is -0.137. The number of fused-ring (bicyclic) bond motifs is 1. The molecular formula is C27H19F3N4O. The van der Waals surface area contributed by atoms with E-state index in [4.69, 9.17) is 0 Å². The Kier molecular flexibility index (Phi) is 5.56. The van der Waals surface area contributed by atoms with Gasteiger partial charge in [-0.2, -0.15) is 18.3 Å². The molecule has 0 aliphatic carbocycles. The number of rotatable bonds is 4. The quantitative estimate of drug-likeness (QED) is 0.319. The zero-order chi connectivity index (χ0) is 24.6. The SMILES string of the molecule is Cc1ccc(-c2cnn3c(-c4cccc(NC(=O)c5cccc(C(F)(F)F)c5)c4)ccnc23)cc1. The third-order valence-electron chi connectivity index (χ3n) is 5.63. The smallest absolute Gasteiger partial charge is 0.322 e. The fourth-order valence-electron chi connectivity index (χ4n) is 3.84. The van der Waals surface area contributed by atoms with Crippen molar-refractivity contribution < 1.29 is 18.0 Å². The summed E-state index contributed by atoms with van der Waals surface area (Å²) in [6, 6.07) is 21.3. The minimum Gasteiger partial charge on any atom is -0.322 e. The van der Waals surface area contributed by atoms with E-state index in [1.54, 1.807) is 35.1 Å². The number of anilines is 1. The van der Waals surface area contributed by atoms with Gasteiger partial charge in [0, 0.05) is 28.6 Å². The molecule has 1 N–H and O–H groups in total. The van der Waals surface area contributed by atoms with Crippen LogP contribution in [0.5, 0.6) is 0 Å². The lowest BCUT2D eigenvalue weighted by Gasteiger charge is -2.11. The minimum absolute atomic E-state index is 0.0775. The highest BCUT2D eigenvalue weighted by molar-refractivity contribution is 6.04. The van der Waals surface area contributed by atoms with Crippen LogP contribution in [0, 0.1) is 6.92 Å². The van der Waals surface area contributed by atoms with Gasteiger partial charge in [-0.05, 0) is 48.9 Å². The van der Waals surface area contributed by atoms with Crippen LogP contribution in [-0.4, -0.2) is 20.5 Å². The van der Waals surface area contributed by atoms with Crippen LogP contribution in [0.2, 0.25) is 0 Å². The van der Waals surface area contributed by atoms with Gasteiger partial charge in [0.25, 0.3) is 5.91 Å². The Balaban J connectivity index is 1.46.